The van der Waals surface area contributed by atoms with E-state index in [4.69, 9.17) is 9.47 Å². The summed E-state index contributed by atoms with van der Waals surface area (Å²) in [4.78, 5) is 23.8. The van der Waals surface area contributed by atoms with Gasteiger partial charge in [0.2, 0.25) is 5.82 Å². The van der Waals surface area contributed by atoms with Crippen LogP contribution in [-0.4, -0.2) is 47.1 Å². The van der Waals surface area contributed by atoms with Crippen LogP contribution in [0, 0.1) is 15.9 Å². The van der Waals surface area contributed by atoms with E-state index in [9.17, 15) is 19.3 Å². The predicted octanol–water partition coefficient (Wildman–Crippen LogP) is 2.92. The maximum atomic E-state index is 14.0. The van der Waals surface area contributed by atoms with Crippen molar-refractivity contribution in [2.75, 3.05) is 19.6 Å². The molecule has 0 aliphatic carbocycles. The van der Waals surface area contributed by atoms with E-state index in [1.807, 2.05) is 25.7 Å². The largest absolute Gasteiger partial charge is 0.487 e. The third-order valence-corrected chi connectivity index (χ3v) is 3.74. The van der Waals surface area contributed by atoms with Gasteiger partial charge >= 0.3 is 11.7 Å². The minimum atomic E-state index is -0.955. The van der Waals surface area contributed by atoms with Crippen LogP contribution in [-0.2, 0) is 9.53 Å². The van der Waals surface area contributed by atoms with Crippen molar-refractivity contribution in [3.05, 3.63) is 34.1 Å². The molecule has 0 atom stereocenters. The molecular weight excluding hydrogens is 331 g/mol. The fourth-order valence-corrected chi connectivity index (χ4v) is 2.65. The highest BCUT2D eigenvalue weighted by atomic mass is 19.1. The molecule has 1 aromatic rings. The topological polar surface area (TPSA) is 81.9 Å². The number of nitrogens with zero attached hydrogens (tertiary/aromatic N) is 2. The van der Waals surface area contributed by atoms with Crippen LogP contribution < -0.4 is 4.74 Å². The molecule has 1 aliphatic heterocycles. The van der Waals surface area contributed by atoms with Crippen molar-refractivity contribution in [2.45, 2.75) is 45.3 Å². The van der Waals surface area contributed by atoms with Crippen LogP contribution in [0.2, 0.25) is 0 Å². The van der Waals surface area contributed by atoms with E-state index < -0.39 is 22.0 Å². The third kappa shape index (κ3) is 5.67. The van der Waals surface area contributed by atoms with E-state index in [0.29, 0.717) is 25.9 Å². The SMILES string of the molecule is CC(C)(C)OC(=O)CN1CCC(Oc2cccc([N+](=O)[O-])c2F)CC1. The molecule has 8 heteroatoms. The monoisotopic (exact) mass is 354 g/mol. The minimum absolute atomic E-state index is 0.111. The van der Waals surface area contributed by atoms with Crippen LogP contribution in [0.15, 0.2) is 18.2 Å². The fraction of sp³-hybridized carbons (Fsp3) is 0.588. The first-order valence-corrected chi connectivity index (χ1v) is 8.19. The number of carbonyl (C=O) groups is 1. The van der Waals surface area contributed by atoms with E-state index in [-0.39, 0.29) is 24.4 Å². The van der Waals surface area contributed by atoms with Gasteiger partial charge in [-0.15, -0.1) is 0 Å². The Morgan fingerprint density at radius 2 is 2.00 bits per heavy atom. The number of rotatable bonds is 5. The Balaban J connectivity index is 1.86. The molecule has 0 saturated carbocycles. The van der Waals surface area contributed by atoms with Gasteiger partial charge < -0.3 is 9.47 Å². The summed E-state index contributed by atoms with van der Waals surface area (Å²) in [6.07, 6.45) is 0.960. The lowest BCUT2D eigenvalue weighted by Gasteiger charge is -2.32. The van der Waals surface area contributed by atoms with E-state index in [1.165, 1.54) is 12.1 Å². The van der Waals surface area contributed by atoms with Gasteiger partial charge in [-0.1, -0.05) is 6.07 Å². The quantitative estimate of drug-likeness (QED) is 0.459. The van der Waals surface area contributed by atoms with E-state index in [0.717, 1.165) is 6.07 Å². The van der Waals surface area contributed by atoms with E-state index in [1.54, 1.807) is 0 Å². The molecule has 1 fully saturated rings. The Morgan fingerprint density at radius 3 is 2.56 bits per heavy atom. The number of halogens is 1. The highest BCUT2D eigenvalue weighted by Gasteiger charge is 2.26. The number of hydrogen-bond acceptors (Lipinski definition) is 6. The molecule has 0 N–H and O–H groups in total. The van der Waals surface area contributed by atoms with Gasteiger partial charge in [-0.2, -0.15) is 4.39 Å². The number of esters is 1. The lowest BCUT2D eigenvalue weighted by Crippen LogP contribution is -2.42. The Morgan fingerprint density at radius 1 is 1.36 bits per heavy atom. The second-order valence-corrected chi connectivity index (χ2v) is 7.03. The number of nitro benzene ring substituents is 1. The lowest BCUT2D eigenvalue weighted by atomic mass is 10.1. The minimum Gasteiger partial charge on any atom is -0.487 e. The first-order chi connectivity index (χ1) is 11.7. The Labute approximate surface area is 145 Å². The molecule has 7 nitrogen and oxygen atoms in total. The van der Waals surface area contributed by atoms with Crippen LogP contribution in [0.5, 0.6) is 5.75 Å². The average molecular weight is 354 g/mol. The van der Waals surface area contributed by atoms with Crippen molar-refractivity contribution < 1.29 is 23.6 Å². The van der Waals surface area contributed by atoms with Gasteiger partial charge in [0.05, 0.1) is 11.5 Å². The summed E-state index contributed by atoms with van der Waals surface area (Å²) < 4.78 is 24.9. The predicted molar refractivity (Wildman–Crippen MR) is 89.0 cm³/mol. The van der Waals surface area contributed by atoms with Gasteiger partial charge in [-0.3, -0.25) is 19.8 Å². The van der Waals surface area contributed by atoms with Crippen LogP contribution >= 0.6 is 0 Å². The van der Waals surface area contributed by atoms with Crippen LogP contribution in [0.4, 0.5) is 10.1 Å². The highest BCUT2D eigenvalue weighted by molar-refractivity contribution is 5.72. The van der Waals surface area contributed by atoms with Crippen LogP contribution in [0.1, 0.15) is 33.6 Å². The fourth-order valence-electron chi connectivity index (χ4n) is 2.65. The van der Waals surface area contributed by atoms with E-state index >= 15 is 0 Å². The maximum absolute atomic E-state index is 14.0. The molecule has 2 rings (SSSR count). The Kier molecular flexibility index (Phi) is 5.94. The summed E-state index contributed by atoms with van der Waals surface area (Å²) in [5, 5.41) is 10.8. The van der Waals surface area contributed by atoms with Gasteiger partial charge in [0.1, 0.15) is 11.7 Å². The third-order valence-electron chi connectivity index (χ3n) is 3.74. The molecule has 1 aliphatic rings. The normalized spacial score (nSPS) is 16.5. The zero-order valence-electron chi connectivity index (χ0n) is 14.7. The molecule has 0 spiro atoms. The molecule has 0 radical (unpaired) electrons. The summed E-state index contributed by atoms with van der Waals surface area (Å²) in [6.45, 7) is 6.88. The summed E-state index contributed by atoms with van der Waals surface area (Å²) in [5.74, 6) is -1.35. The lowest BCUT2D eigenvalue weighted by molar-refractivity contribution is -0.387. The van der Waals surface area contributed by atoms with Crippen molar-refractivity contribution in [1.82, 2.24) is 4.90 Å². The summed E-state index contributed by atoms with van der Waals surface area (Å²) in [5.41, 5.74) is -1.11. The molecule has 25 heavy (non-hydrogen) atoms. The molecule has 1 aromatic carbocycles. The van der Waals surface area contributed by atoms with Crippen LogP contribution in [0.25, 0.3) is 0 Å². The maximum Gasteiger partial charge on any atom is 0.320 e. The van der Waals surface area contributed by atoms with Gasteiger partial charge in [0.15, 0.2) is 5.75 Å². The molecule has 138 valence electrons. The molecule has 0 unspecified atom stereocenters. The molecule has 0 amide bonds. The average Bonchev–Trinajstić information content (AvgIpc) is 2.49. The van der Waals surface area contributed by atoms with E-state index in [2.05, 4.69) is 0 Å². The Hall–Kier alpha value is -2.22. The standard InChI is InChI=1S/C17H23FN2O5/c1-17(2,3)25-15(21)11-19-9-7-12(8-10-19)24-14-6-4-5-13(16(14)18)20(22)23/h4-6,12H,7-11H2,1-3H3. The van der Waals surface area contributed by atoms with Gasteiger partial charge in [0, 0.05) is 19.2 Å². The number of benzene rings is 1. The van der Waals surface area contributed by atoms with Crippen molar-refractivity contribution in [2.24, 2.45) is 0 Å². The van der Waals surface area contributed by atoms with Crippen molar-refractivity contribution in [3.63, 3.8) is 0 Å². The first-order valence-electron chi connectivity index (χ1n) is 8.19. The van der Waals surface area contributed by atoms with Gasteiger partial charge in [-0.05, 0) is 39.7 Å². The molecule has 0 bridgehead atoms. The smallest absolute Gasteiger partial charge is 0.320 e. The number of ether oxygens (including phenoxy) is 2. The number of piperidine rings is 1. The molecule has 1 heterocycles. The highest BCUT2D eigenvalue weighted by Crippen LogP contribution is 2.28. The summed E-state index contributed by atoms with van der Waals surface area (Å²) in [7, 11) is 0. The zero-order valence-corrected chi connectivity index (χ0v) is 14.7. The van der Waals surface area contributed by atoms with Crippen molar-refractivity contribution in [3.8, 4) is 5.75 Å². The van der Waals surface area contributed by atoms with Crippen molar-refractivity contribution >= 4 is 11.7 Å². The second-order valence-electron chi connectivity index (χ2n) is 7.03. The first kappa shape index (κ1) is 19.1. The number of hydrogen-bond donors (Lipinski definition) is 0. The van der Waals surface area contributed by atoms with Gasteiger partial charge in [0.25, 0.3) is 0 Å². The van der Waals surface area contributed by atoms with Crippen molar-refractivity contribution in [1.29, 1.82) is 0 Å². The molecular formula is C17H23FN2O5. The number of carbonyl (C=O) groups excluding carboxylic acids is 1. The number of likely N-dealkylation sites (tertiary alicyclic amines) is 1. The number of nitro groups is 1. The summed E-state index contributed by atoms with van der Waals surface area (Å²) in [6, 6.07) is 3.88. The van der Waals surface area contributed by atoms with Gasteiger partial charge in [-0.25, -0.2) is 0 Å². The zero-order chi connectivity index (χ0) is 18.6. The summed E-state index contributed by atoms with van der Waals surface area (Å²) >= 11 is 0. The van der Waals surface area contributed by atoms with Crippen LogP contribution in [0.3, 0.4) is 0 Å². The molecule has 0 aromatic heterocycles. The Bertz CT molecular complexity index is 636. The second kappa shape index (κ2) is 7.77. The molecule has 1 saturated heterocycles.